The van der Waals surface area contributed by atoms with Crippen LogP contribution in [0.3, 0.4) is 0 Å². The van der Waals surface area contributed by atoms with Gasteiger partial charge in [0.05, 0.1) is 11.9 Å². The minimum Gasteiger partial charge on any atom is -0.382 e. The van der Waals surface area contributed by atoms with Gasteiger partial charge in [0.25, 0.3) is 5.56 Å². The van der Waals surface area contributed by atoms with E-state index in [9.17, 15) is 4.79 Å². The van der Waals surface area contributed by atoms with Gasteiger partial charge in [0.1, 0.15) is 11.0 Å². The van der Waals surface area contributed by atoms with Gasteiger partial charge in [0.15, 0.2) is 0 Å². The van der Waals surface area contributed by atoms with E-state index in [1.165, 1.54) is 30.4 Å². The fourth-order valence-corrected chi connectivity index (χ4v) is 2.85. The first-order chi connectivity index (χ1) is 9.12. The Balaban J connectivity index is 2.11. The zero-order valence-corrected chi connectivity index (χ0v) is 12.7. The van der Waals surface area contributed by atoms with Crippen molar-refractivity contribution < 1.29 is 0 Å². The monoisotopic (exact) mass is 323 g/mol. The van der Waals surface area contributed by atoms with Crippen molar-refractivity contribution in [1.29, 1.82) is 0 Å². The van der Waals surface area contributed by atoms with Crippen LogP contribution in [-0.2, 0) is 6.54 Å². The second-order valence-corrected chi connectivity index (χ2v) is 5.89. The lowest BCUT2D eigenvalue weighted by molar-refractivity contribution is 0.145. The minimum absolute atomic E-state index is 0.191. The summed E-state index contributed by atoms with van der Waals surface area (Å²) in [4.78, 5) is 12.0. The van der Waals surface area contributed by atoms with Gasteiger partial charge >= 0.3 is 0 Å². The molecule has 0 bridgehead atoms. The highest BCUT2D eigenvalue weighted by atomic mass is 79.9. The second kappa shape index (κ2) is 5.79. The highest BCUT2D eigenvalue weighted by Gasteiger charge is 2.34. The fraction of sp³-hybridized carbons (Fsp3) is 0.571. The van der Waals surface area contributed by atoms with Crippen molar-refractivity contribution in [3.05, 3.63) is 21.0 Å². The third-order valence-corrected chi connectivity index (χ3v) is 4.81. The first-order valence-electron chi connectivity index (χ1n) is 6.55. The Kier molecular flexibility index (Phi) is 4.31. The molecule has 0 unspecified atom stereocenters. The maximum Gasteiger partial charge on any atom is 0.284 e. The lowest BCUT2D eigenvalue weighted by Gasteiger charge is -2.41. The van der Waals surface area contributed by atoms with Crippen LogP contribution in [0.1, 0.15) is 32.6 Å². The van der Waals surface area contributed by atoms with Gasteiger partial charge in [-0.2, -0.15) is 5.10 Å². The standard InChI is InChI=1S/C14H18BrN3O/c1-3-8-18-13(19)12(15)11(9-17-18)16-10-14(4-2)6-5-7-14/h1,9,16H,4-8,10H2,2H3. The molecule has 0 amide bonds. The van der Waals surface area contributed by atoms with E-state index < -0.39 is 0 Å². The summed E-state index contributed by atoms with van der Waals surface area (Å²) in [6, 6.07) is 0. The molecule has 0 aromatic carbocycles. The molecule has 102 valence electrons. The molecule has 1 heterocycles. The Morgan fingerprint density at radius 1 is 1.63 bits per heavy atom. The number of anilines is 1. The highest BCUT2D eigenvalue weighted by molar-refractivity contribution is 9.10. The minimum atomic E-state index is -0.192. The first kappa shape index (κ1) is 14.1. The summed E-state index contributed by atoms with van der Waals surface area (Å²) < 4.78 is 1.78. The molecule has 1 saturated carbocycles. The smallest absolute Gasteiger partial charge is 0.284 e. The summed E-state index contributed by atoms with van der Waals surface area (Å²) in [6.07, 6.45) is 11.8. The summed E-state index contributed by atoms with van der Waals surface area (Å²) in [5.41, 5.74) is 0.952. The highest BCUT2D eigenvalue weighted by Crippen LogP contribution is 2.43. The van der Waals surface area contributed by atoms with Crippen LogP contribution in [0.4, 0.5) is 5.69 Å². The Bertz CT molecular complexity index is 549. The van der Waals surface area contributed by atoms with Crippen LogP contribution in [0.5, 0.6) is 0 Å². The summed E-state index contributed by atoms with van der Waals surface area (Å²) >= 11 is 3.33. The van der Waals surface area contributed by atoms with E-state index in [-0.39, 0.29) is 12.1 Å². The number of halogens is 1. The topological polar surface area (TPSA) is 46.9 Å². The van der Waals surface area contributed by atoms with Crippen molar-refractivity contribution in [2.75, 3.05) is 11.9 Å². The van der Waals surface area contributed by atoms with Crippen LogP contribution in [0.25, 0.3) is 0 Å². The maximum absolute atomic E-state index is 12.0. The Hall–Kier alpha value is -1.28. The average molecular weight is 324 g/mol. The van der Waals surface area contributed by atoms with Crippen LogP contribution < -0.4 is 10.9 Å². The van der Waals surface area contributed by atoms with Crippen molar-refractivity contribution in [2.24, 2.45) is 5.41 Å². The SMILES string of the molecule is C#CCn1ncc(NCC2(CC)CCC2)c(Br)c1=O. The molecule has 0 atom stereocenters. The van der Waals surface area contributed by atoms with Gasteiger partial charge in [-0.05, 0) is 40.6 Å². The zero-order chi connectivity index (χ0) is 13.9. The van der Waals surface area contributed by atoms with E-state index in [0.29, 0.717) is 9.89 Å². The predicted molar refractivity (Wildman–Crippen MR) is 80.1 cm³/mol. The van der Waals surface area contributed by atoms with E-state index in [0.717, 1.165) is 12.2 Å². The molecular formula is C14H18BrN3O. The van der Waals surface area contributed by atoms with Gasteiger partial charge in [-0.3, -0.25) is 4.79 Å². The molecule has 1 fully saturated rings. The third kappa shape index (κ3) is 2.84. The molecule has 5 heteroatoms. The molecule has 0 aliphatic heterocycles. The number of nitrogens with one attached hydrogen (secondary N) is 1. The average Bonchev–Trinajstić information content (AvgIpc) is 2.37. The molecule has 0 saturated heterocycles. The number of aromatic nitrogens is 2. The Labute approximate surface area is 121 Å². The Morgan fingerprint density at radius 2 is 2.37 bits per heavy atom. The van der Waals surface area contributed by atoms with Gasteiger partial charge < -0.3 is 5.32 Å². The molecular weight excluding hydrogens is 306 g/mol. The van der Waals surface area contributed by atoms with Gasteiger partial charge in [0.2, 0.25) is 0 Å². The molecule has 1 N–H and O–H groups in total. The van der Waals surface area contributed by atoms with E-state index in [4.69, 9.17) is 6.42 Å². The van der Waals surface area contributed by atoms with E-state index in [2.05, 4.69) is 39.2 Å². The van der Waals surface area contributed by atoms with Gasteiger partial charge in [-0.15, -0.1) is 6.42 Å². The van der Waals surface area contributed by atoms with E-state index >= 15 is 0 Å². The van der Waals surface area contributed by atoms with Crippen LogP contribution in [0, 0.1) is 17.8 Å². The normalized spacial score (nSPS) is 16.5. The zero-order valence-electron chi connectivity index (χ0n) is 11.1. The largest absolute Gasteiger partial charge is 0.382 e. The van der Waals surface area contributed by atoms with E-state index in [1.807, 2.05) is 0 Å². The second-order valence-electron chi connectivity index (χ2n) is 5.10. The maximum atomic E-state index is 12.0. The fourth-order valence-electron chi connectivity index (χ4n) is 2.40. The molecule has 2 rings (SSSR count). The molecule has 1 aromatic rings. The quantitative estimate of drug-likeness (QED) is 0.847. The predicted octanol–water partition coefficient (Wildman–Crippen LogP) is 2.63. The number of terminal acetylenes is 1. The van der Waals surface area contributed by atoms with E-state index in [1.54, 1.807) is 6.20 Å². The molecule has 0 radical (unpaired) electrons. The molecule has 1 aliphatic rings. The van der Waals surface area contributed by atoms with Crippen LogP contribution in [0.2, 0.25) is 0 Å². The van der Waals surface area contributed by atoms with Crippen molar-refractivity contribution in [3.63, 3.8) is 0 Å². The number of nitrogens with zero attached hydrogens (tertiary/aromatic N) is 2. The van der Waals surface area contributed by atoms with Gasteiger partial charge in [0, 0.05) is 6.54 Å². The molecule has 19 heavy (non-hydrogen) atoms. The van der Waals surface area contributed by atoms with Gasteiger partial charge in [-0.25, -0.2) is 4.68 Å². The lowest BCUT2D eigenvalue weighted by atomic mass is 9.67. The molecule has 0 spiro atoms. The van der Waals surface area contributed by atoms with Crippen molar-refractivity contribution in [1.82, 2.24) is 9.78 Å². The molecule has 1 aromatic heterocycles. The third-order valence-electron chi connectivity index (χ3n) is 4.04. The summed E-state index contributed by atoms with van der Waals surface area (Å²) in [5.74, 6) is 2.41. The first-order valence-corrected chi connectivity index (χ1v) is 7.34. The summed E-state index contributed by atoms with van der Waals surface area (Å²) in [7, 11) is 0. The van der Waals surface area contributed by atoms with Crippen LogP contribution in [0.15, 0.2) is 15.5 Å². The molecule has 4 nitrogen and oxygen atoms in total. The number of rotatable bonds is 5. The molecule has 1 aliphatic carbocycles. The summed E-state index contributed by atoms with van der Waals surface area (Å²) in [6.45, 7) is 3.30. The Morgan fingerprint density at radius 3 is 2.89 bits per heavy atom. The lowest BCUT2D eigenvalue weighted by Crippen LogP contribution is -2.36. The van der Waals surface area contributed by atoms with Crippen molar-refractivity contribution in [3.8, 4) is 12.3 Å². The van der Waals surface area contributed by atoms with Crippen LogP contribution >= 0.6 is 15.9 Å². The number of hydrogen-bond acceptors (Lipinski definition) is 3. The number of hydrogen-bond donors (Lipinski definition) is 1. The van der Waals surface area contributed by atoms with Gasteiger partial charge in [-0.1, -0.05) is 19.3 Å². The van der Waals surface area contributed by atoms with Crippen molar-refractivity contribution in [2.45, 2.75) is 39.2 Å². The summed E-state index contributed by atoms with van der Waals surface area (Å²) in [5, 5.41) is 7.41. The van der Waals surface area contributed by atoms with Crippen LogP contribution in [-0.4, -0.2) is 16.3 Å². The van der Waals surface area contributed by atoms with Crippen molar-refractivity contribution >= 4 is 21.6 Å².